The summed E-state index contributed by atoms with van der Waals surface area (Å²) in [5, 5.41) is 7.90. The quantitative estimate of drug-likeness (QED) is 0.400. The van der Waals surface area contributed by atoms with E-state index in [2.05, 4.69) is 22.3 Å². The molecule has 4 aromatic rings. The molecule has 0 aliphatic heterocycles. The summed E-state index contributed by atoms with van der Waals surface area (Å²) < 4.78 is 7.38. The number of nitrogens with zero attached hydrogens (tertiary/aromatic N) is 3. The molecule has 6 heteroatoms. The Morgan fingerprint density at radius 1 is 0.971 bits per heavy atom. The van der Waals surface area contributed by atoms with Gasteiger partial charge in [-0.1, -0.05) is 78.9 Å². The molecule has 0 aliphatic rings. The van der Waals surface area contributed by atoms with E-state index in [1.54, 1.807) is 7.11 Å². The average molecular weight is 455 g/mol. The lowest BCUT2D eigenvalue weighted by Crippen LogP contribution is -2.34. The van der Waals surface area contributed by atoms with Gasteiger partial charge in [0, 0.05) is 23.9 Å². The predicted molar refractivity (Wildman–Crippen MR) is 135 cm³/mol. The van der Waals surface area contributed by atoms with Crippen LogP contribution in [0.2, 0.25) is 0 Å². The van der Waals surface area contributed by atoms with Gasteiger partial charge in [0.15, 0.2) is 0 Å². The van der Waals surface area contributed by atoms with Gasteiger partial charge in [0.25, 0.3) is 5.91 Å². The van der Waals surface area contributed by atoms with E-state index in [1.807, 2.05) is 97.8 Å². The number of methoxy groups -OCH3 is 1. The normalized spacial score (nSPS) is 11.9. The molecule has 34 heavy (non-hydrogen) atoms. The number of hydrogen-bond donors (Lipinski definition) is 1. The molecule has 4 rings (SSSR count). The number of carbonyl (C=O) groups excluding carboxylic acids is 1. The topological polar surface area (TPSA) is 59.4 Å². The van der Waals surface area contributed by atoms with Crippen molar-refractivity contribution in [1.82, 2.24) is 20.0 Å². The van der Waals surface area contributed by atoms with Crippen molar-refractivity contribution in [3.63, 3.8) is 0 Å². The van der Waals surface area contributed by atoms with E-state index in [0.29, 0.717) is 24.3 Å². The molecule has 174 valence electrons. The van der Waals surface area contributed by atoms with E-state index in [0.717, 1.165) is 22.4 Å². The van der Waals surface area contributed by atoms with E-state index < -0.39 is 0 Å². The van der Waals surface area contributed by atoms with Crippen molar-refractivity contribution < 1.29 is 9.53 Å². The van der Waals surface area contributed by atoms with Crippen LogP contribution in [-0.2, 0) is 6.54 Å². The molecule has 1 N–H and O–H groups in total. The van der Waals surface area contributed by atoms with Gasteiger partial charge in [0.05, 0.1) is 25.3 Å². The minimum absolute atomic E-state index is 0.0420. The smallest absolute Gasteiger partial charge is 0.255 e. The lowest BCUT2D eigenvalue weighted by atomic mass is 10.0. The van der Waals surface area contributed by atoms with Crippen LogP contribution in [0.3, 0.4) is 0 Å². The molecular weight excluding hydrogens is 424 g/mol. The van der Waals surface area contributed by atoms with E-state index in [4.69, 9.17) is 9.84 Å². The Hall–Kier alpha value is -3.90. The van der Waals surface area contributed by atoms with Gasteiger partial charge in [-0.3, -0.25) is 9.48 Å². The molecule has 1 heterocycles. The first-order valence-corrected chi connectivity index (χ1v) is 11.3. The fourth-order valence-corrected chi connectivity index (χ4v) is 4.05. The number of carbonyl (C=O) groups is 1. The Kier molecular flexibility index (Phi) is 7.40. The number of amides is 1. The van der Waals surface area contributed by atoms with Gasteiger partial charge in [-0.2, -0.15) is 5.10 Å². The highest BCUT2D eigenvalue weighted by molar-refractivity contribution is 5.99. The van der Waals surface area contributed by atoms with Crippen molar-refractivity contribution in [2.24, 2.45) is 0 Å². The molecule has 0 unspecified atom stereocenters. The Bertz CT molecular complexity index is 1220. The summed E-state index contributed by atoms with van der Waals surface area (Å²) in [6.45, 7) is 1.03. The van der Waals surface area contributed by atoms with Gasteiger partial charge in [0.1, 0.15) is 11.4 Å². The third-order valence-electron chi connectivity index (χ3n) is 5.82. The van der Waals surface area contributed by atoms with Gasteiger partial charge in [-0.25, -0.2) is 0 Å². The van der Waals surface area contributed by atoms with Crippen molar-refractivity contribution >= 4 is 5.91 Å². The zero-order valence-corrected chi connectivity index (χ0v) is 19.8. The van der Waals surface area contributed by atoms with Crippen LogP contribution in [0, 0.1) is 0 Å². The summed E-state index contributed by atoms with van der Waals surface area (Å²) >= 11 is 0. The molecule has 6 nitrogen and oxygen atoms in total. The highest BCUT2D eigenvalue weighted by Crippen LogP contribution is 2.28. The first-order valence-electron chi connectivity index (χ1n) is 11.3. The van der Waals surface area contributed by atoms with E-state index in [9.17, 15) is 4.79 Å². The monoisotopic (exact) mass is 454 g/mol. The maximum atomic E-state index is 13.4. The minimum Gasteiger partial charge on any atom is -0.496 e. The molecule has 0 saturated heterocycles. The molecule has 3 aromatic carbocycles. The van der Waals surface area contributed by atoms with Crippen molar-refractivity contribution in [3.8, 4) is 17.0 Å². The largest absolute Gasteiger partial charge is 0.496 e. The summed E-state index contributed by atoms with van der Waals surface area (Å²) in [5.74, 6) is 0.649. The highest BCUT2D eigenvalue weighted by Gasteiger charge is 2.22. The second-order valence-electron chi connectivity index (χ2n) is 8.37. The van der Waals surface area contributed by atoms with Crippen LogP contribution in [-0.4, -0.2) is 48.3 Å². The number of nitrogens with one attached hydrogen (secondary N) is 1. The standard InChI is InChI=1S/C28H30N4O2/c1-31(2)25(23-16-10-11-17-26(23)34-3)18-29-28(33)24-20-32(19-21-12-6-4-7-13-21)30-27(24)22-14-8-5-9-15-22/h4-17,20,25H,18-19H2,1-3H3,(H,29,33)/t25-/m0/s1. The maximum absolute atomic E-state index is 13.4. The van der Waals surface area contributed by atoms with Crippen LogP contribution in [0.5, 0.6) is 5.75 Å². The average Bonchev–Trinajstić information content (AvgIpc) is 3.29. The van der Waals surface area contributed by atoms with E-state index in [1.165, 1.54) is 0 Å². The van der Waals surface area contributed by atoms with Crippen LogP contribution >= 0.6 is 0 Å². The van der Waals surface area contributed by atoms with Crippen molar-refractivity contribution in [1.29, 1.82) is 0 Å². The number of ether oxygens (including phenoxy) is 1. The Labute approximate surface area is 200 Å². The number of benzene rings is 3. The van der Waals surface area contributed by atoms with Gasteiger partial charge >= 0.3 is 0 Å². The minimum atomic E-state index is -0.153. The summed E-state index contributed by atoms with van der Waals surface area (Å²) in [7, 11) is 5.66. The van der Waals surface area contributed by atoms with Crippen molar-refractivity contribution in [3.05, 3.63) is 108 Å². The molecule has 1 amide bonds. The molecular formula is C28H30N4O2. The van der Waals surface area contributed by atoms with Crippen molar-refractivity contribution in [2.75, 3.05) is 27.7 Å². The van der Waals surface area contributed by atoms with Crippen LogP contribution in [0.25, 0.3) is 11.3 Å². The molecule has 0 bridgehead atoms. The van der Waals surface area contributed by atoms with Crippen LogP contribution in [0.4, 0.5) is 0 Å². The fourth-order valence-electron chi connectivity index (χ4n) is 4.05. The molecule has 0 aliphatic carbocycles. The maximum Gasteiger partial charge on any atom is 0.255 e. The van der Waals surface area contributed by atoms with Gasteiger partial charge in [-0.05, 0) is 25.7 Å². The van der Waals surface area contributed by atoms with Crippen molar-refractivity contribution in [2.45, 2.75) is 12.6 Å². The lowest BCUT2D eigenvalue weighted by Gasteiger charge is -2.26. The zero-order valence-electron chi connectivity index (χ0n) is 19.8. The molecule has 1 atom stereocenters. The summed E-state index contributed by atoms with van der Waals surface area (Å²) in [4.78, 5) is 15.5. The van der Waals surface area contributed by atoms with Crippen LogP contribution < -0.4 is 10.1 Å². The molecule has 0 spiro atoms. The fraction of sp³-hybridized carbons (Fsp3) is 0.214. The Balaban J connectivity index is 1.60. The second-order valence-corrected chi connectivity index (χ2v) is 8.37. The van der Waals surface area contributed by atoms with Gasteiger partial charge in [0.2, 0.25) is 0 Å². The Morgan fingerprint density at radius 2 is 1.62 bits per heavy atom. The third kappa shape index (κ3) is 5.35. The van der Waals surface area contributed by atoms with Crippen LogP contribution in [0.15, 0.2) is 91.1 Å². The number of aromatic nitrogens is 2. The molecule has 0 saturated carbocycles. The van der Waals surface area contributed by atoms with Gasteiger partial charge < -0.3 is 15.0 Å². The molecule has 1 aromatic heterocycles. The summed E-state index contributed by atoms with van der Waals surface area (Å²) in [6, 6.07) is 27.8. The van der Waals surface area contributed by atoms with E-state index >= 15 is 0 Å². The molecule has 0 fully saturated rings. The van der Waals surface area contributed by atoms with Crippen LogP contribution in [0.1, 0.15) is 27.5 Å². The number of hydrogen-bond acceptors (Lipinski definition) is 4. The lowest BCUT2D eigenvalue weighted by molar-refractivity contribution is 0.0942. The zero-order chi connectivity index (χ0) is 23.9. The Morgan fingerprint density at radius 3 is 2.29 bits per heavy atom. The first-order chi connectivity index (χ1) is 16.6. The van der Waals surface area contributed by atoms with E-state index in [-0.39, 0.29) is 11.9 Å². The second kappa shape index (κ2) is 10.8. The summed E-state index contributed by atoms with van der Waals surface area (Å²) in [5.41, 5.74) is 4.29. The number of para-hydroxylation sites is 1. The summed E-state index contributed by atoms with van der Waals surface area (Å²) in [6.07, 6.45) is 1.83. The van der Waals surface area contributed by atoms with Gasteiger partial charge in [-0.15, -0.1) is 0 Å². The first kappa shape index (κ1) is 23.3. The molecule has 0 radical (unpaired) electrons. The number of rotatable bonds is 9. The SMILES string of the molecule is COc1ccccc1[C@H](CNC(=O)c1cn(Cc2ccccc2)nc1-c1ccccc1)N(C)C. The number of likely N-dealkylation sites (N-methyl/N-ethyl adjacent to an activating group) is 1. The highest BCUT2D eigenvalue weighted by atomic mass is 16.5. The third-order valence-corrected chi connectivity index (χ3v) is 5.82. The predicted octanol–water partition coefficient (Wildman–Crippen LogP) is 4.64.